The van der Waals surface area contributed by atoms with Gasteiger partial charge in [-0.2, -0.15) is 0 Å². The van der Waals surface area contributed by atoms with Gasteiger partial charge in [-0.25, -0.2) is 0 Å². The van der Waals surface area contributed by atoms with E-state index in [1.165, 1.54) is 36.3 Å². The molecule has 0 saturated heterocycles. The molecule has 41 heavy (non-hydrogen) atoms. The number of rotatable bonds is 8. The van der Waals surface area contributed by atoms with E-state index >= 15 is 0 Å². The fourth-order valence-electron chi connectivity index (χ4n) is 4.96. The van der Waals surface area contributed by atoms with Gasteiger partial charge in [0.25, 0.3) is 0 Å². The summed E-state index contributed by atoms with van der Waals surface area (Å²) in [4.78, 5) is 2.55. The molecule has 5 aromatic rings. The highest BCUT2D eigenvalue weighted by Crippen LogP contribution is 2.43. The van der Waals surface area contributed by atoms with Crippen LogP contribution in [0.15, 0.2) is 174 Å². The minimum Gasteiger partial charge on any atom is -0.0901 e. The first-order chi connectivity index (χ1) is 20.3. The van der Waals surface area contributed by atoms with Crippen molar-refractivity contribution in [2.24, 2.45) is 0 Å². The molecule has 0 saturated carbocycles. The molecule has 0 radical (unpaired) electrons. The predicted molar refractivity (Wildman–Crippen MR) is 186 cm³/mol. The van der Waals surface area contributed by atoms with Crippen LogP contribution < -0.4 is 26.5 Å². The Morgan fingerprint density at radius 1 is 0.488 bits per heavy atom. The molecule has 0 aliphatic heterocycles. The molecule has 0 fully saturated rings. The Bertz CT molecular complexity index is 1490. The highest BCUT2D eigenvalue weighted by atomic mass is 32.2. The van der Waals surface area contributed by atoms with Gasteiger partial charge in [0.2, 0.25) is 0 Å². The summed E-state index contributed by atoms with van der Waals surface area (Å²) >= 11 is 1.84. The summed E-state index contributed by atoms with van der Waals surface area (Å²) in [6.07, 6.45) is 10.2. The van der Waals surface area contributed by atoms with E-state index in [2.05, 4.69) is 164 Å². The van der Waals surface area contributed by atoms with Gasteiger partial charge in [-0.05, 0) is 73.1 Å². The maximum atomic E-state index is 2.39. The van der Waals surface area contributed by atoms with Gasteiger partial charge in [-0.1, -0.05) is 165 Å². The summed E-state index contributed by atoms with van der Waals surface area (Å²) in [5, 5.41) is 7.03. The van der Waals surface area contributed by atoms with Crippen LogP contribution in [0.1, 0.15) is 20.3 Å². The van der Waals surface area contributed by atoms with E-state index in [4.69, 9.17) is 0 Å². The van der Waals surface area contributed by atoms with Gasteiger partial charge in [-0.3, -0.25) is 0 Å². The zero-order chi connectivity index (χ0) is 28.3. The van der Waals surface area contributed by atoms with Gasteiger partial charge < -0.3 is 0 Å². The van der Waals surface area contributed by atoms with Gasteiger partial charge in [0, 0.05) is 15.4 Å². The Morgan fingerprint density at radius 3 is 1.37 bits per heavy atom. The van der Waals surface area contributed by atoms with Crippen molar-refractivity contribution >= 4 is 54.1 Å². The molecule has 1 aliphatic rings. The van der Waals surface area contributed by atoms with Crippen LogP contribution in [0.25, 0.3) is 0 Å². The SMILES string of the molecule is C1=CCC(P(c2ccccc2)c2ccc(Sc3ccc(P(c4ccccc4)c4ccccc4)cc3)cc2)C=C1.CC. The third kappa shape index (κ3) is 7.55. The van der Waals surface area contributed by atoms with Crippen LogP contribution in [0.3, 0.4) is 0 Å². The average Bonchev–Trinajstić information content (AvgIpc) is 3.06. The van der Waals surface area contributed by atoms with Gasteiger partial charge in [0.15, 0.2) is 0 Å². The van der Waals surface area contributed by atoms with Crippen molar-refractivity contribution in [1.29, 1.82) is 0 Å². The lowest BCUT2D eigenvalue weighted by Gasteiger charge is -2.27. The lowest BCUT2D eigenvalue weighted by Crippen LogP contribution is -2.20. The second-order valence-corrected chi connectivity index (χ2v) is 15.2. The minimum absolute atomic E-state index is 0.442. The Labute approximate surface area is 252 Å². The smallest absolute Gasteiger partial charge is 0.0122 e. The number of benzene rings is 5. The van der Waals surface area contributed by atoms with Gasteiger partial charge >= 0.3 is 0 Å². The molecular formula is C38H36P2S. The average molecular weight is 587 g/mol. The van der Waals surface area contributed by atoms with E-state index in [1.807, 2.05) is 25.6 Å². The lowest BCUT2D eigenvalue weighted by molar-refractivity contribution is 1.05. The van der Waals surface area contributed by atoms with E-state index < -0.39 is 15.8 Å². The summed E-state index contributed by atoms with van der Waals surface area (Å²) in [5.41, 5.74) is 0.544. The van der Waals surface area contributed by atoms with Crippen LogP contribution in [0.5, 0.6) is 0 Å². The van der Waals surface area contributed by atoms with E-state index in [9.17, 15) is 0 Å². The van der Waals surface area contributed by atoms with Crippen molar-refractivity contribution in [2.45, 2.75) is 35.7 Å². The van der Waals surface area contributed by atoms with Gasteiger partial charge in [0.05, 0.1) is 0 Å². The van der Waals surface area contributed by atoms with Gasteiger partial charge in [-0.15, -0.1) is 0 Å². The molecule has 1 aliphatic carbocycles. The first kappa shape index (κ1) is 29.3. The predicted octanol–water partition coefficient (Wildman–Crippen LogP) is 8.94. The van der Waals surface area contributed by atoms with Crippen molar-refractivity contribution in [3.63, 3.8) is 0 Å². The molecule has 0 N–H and O–H groups in total. The van der Waals surface area contributed by atoms with E-state index in [0.717, 1.165) is 6.42 Å². The van der Waals surface area contributed by atoms with Crippen molar-refractivity contribution in [1.82, 2.24) is 0 Å². The zero-order valence-corrected chi connectivity index (χ0v) is 26.3. The number of hydrogen-bond acceptors (Lipinski definition) is 1. The molecule has 0 spiro atoms. The minimum atomic E-state index is -0.576. The third-order valence-corrected chi connectivity index (χ3v) is 13.0. The van der Waals surface area contributed by atoms with Crippen LogP contribution in [0.4, 0.5) is 0 Å². The van der Waals surface area contributed by atoms with Crippen molar-refractivity contribution in [3.05, 3.63) is 164 Å². The molecule has 6 rings (SSSR count). The molecule has 0 aromatic heterocycles. The fourth-order valence-corrected chi connectivity index (χ4v) is 10.7. The van der Waals surface area contributed by atoms with Crippen molar-refractivity contribution < 1.29 is 0 Å². The molecule has 0 heterocycles. The Morgan fingerprint density at radius 2 is 0.902 bits per heavy atom. The highest BCUT2D eigenvalue weighted by Gasteiger charge is 2.23. The molecule has 5 aromatic carbocycles. The van der Waals surface area contributed by atoms with Crippen molar-refractivity contribution in [2.75, 3.05) is 0 Å². The summed E-state index contributed by atoms with van der Waals surface area (Å²) in [6.45, 7) is 4.00. The Kier molecular flexibility index (Phi) is 10.8. The fraction of sp³-hybridized carbons (Fsp3) is 0.105. The topological polar surface area (TPSA) is 0 Å². The second-order valence-electron chi connectivity index (χ2n) is 9.42. The first-order valence-corrected chi connectivity index (χ1v) is 17.9. The molecule has 0 nitrogen and oxygen atoms in total. The summed E-state index contributed by atoms with van der Waals surface area (Å²) in [6, 6.07) is 51.3. The molecule has 0 bridgehead atoms. The molecule has 2 atom stereocenters. The highest BCUT2D eigenvalue weighted by molar-refractivity contribution is 7.99. The maximum Gasteiger partial charge on any atom is 0.0122 e. The van der Waals surface area contributed by atoms with Crippen molar-refractivity contribution in [3.8, 4) is 0 Å². The zero-order valence-electron chi connectivity index (χ0n) is 23.7. The van der Waals surface area contributed by atoms with Crippen LogP contribution >= 0.6 is 27.6 Å². The Hall–Kier alpha value is -3.21. The maximum absolute atomic E-state index is 2.39. The van der Waals surface area contributed by atoms with E-state index in [1.54, 1.807) is 0 Å². The third-order valence-electron chi connectivity index (χ3n) is 6.80. The summed E-state index contributed by atoms with van der Waals surface area (Å²) in [5.74, 6) is 0. The molecule has 204 valence electrons. The standard InChI is InChI=1S/C36H30P2S.C2H6/c1-5-13-29(14-6-1)37(30-15-7-2-8-16-30)33-21-25-35(26-22-33)39-36-27-23-34(24-28-36)38(31-17-9-3-10-18-31)32-19-11-4-12-20-32;1-2/h1-19,21-28,32H,20H2;1-2H3. The molecular weight excluding hydrogens is 550 g/mol. The quantitative estimate of drug-likeness (QED) is 0.164. The summed E-state index contributed by atoms with van der Waals surface area (Å²) in [7, 11) is -1.02. The largest absolute Gasteiger partial charge is 0.0901 e. The summed E-state index contributed by atoms with van der Waals surface area (Å²) < 4.78 is 0. The second kappa shape index (κ2) is 15.1. The molecule has 0 amide bonds. The molecule has 2 unspecified atom stereocenters. The lowest BCUT2D eigenvalue weighted by atomic mass is 10.2. The van der Waals surface area contributed by atoms with Crippen LogP contribution in [-0.4, -0.2) is 5.66 Å². The van der Waals surface area contributed by atoms with Crippen LogP contribution in [0, 0.1) is 0 Å². The number of hydrogen-bond donors (Lipinski definition) is 0. The normalized spacial score (nSPS) is 14.8. The van der Waals surface area contributed by atoms with Crippen LogP contribution in [-0.2, 0) is 0 Å². The molecule has 3 heteroatoms. The van der Waals surface area contributed by atoms with Crippen LogP contribution in [0.2, 0.25) is 0 Å². The number of allylic oxidation sites excluding steroid dienone is 4. The Balaban J connectivity index is 0.00000165. The van der Waals surface area contributed by atoms with Gasteiger partial charge in [0.1, 0.15) is 0 Å². The first-order valence-electron chi connectivity index (χ1n) is 14.3. The van der Waals surface area contributed by atoms with E-state index in [-0.39, 0.29) is 0 Å². The van der Waals surface area contributed by atoms with E-state index in [0.29, 0.717) is 5.66 Å². The monoisotopic (exact) mass is 586 g/mol.